The fraction of sp³-hybridized carbons (Fsp3) is 0.154. The van der Waals surface area contributed by atoms with Gasteiger partial charge in [0.1, 0.15) is 16.0 Å². The summed E-state index contributed by atoms with van der Waals surface area (Å²) >= 11 is 25.1. The van der Waals surface area contributed by atoms with Gasteiger partial charge in [-0.2, -0.15) is 0 Å². The number of halogens is 6. The molecule has 1 saturated carbocycles. The minimum Gasteiger partial charge on any atom is -0.326 e. The number of carbonyl (C=O) groups is 2. The summed E-state index contributed by atoms with van der Waals surface area (Å²) in [6.45, 7) is 3.23. The molecule has 1 aliphatic rings. The van der Waals surface area contributed by atoms with Crippen LogP contribution in [-0.4, -0.2) is 16.0 Å². The van der Waals surface area contributed by atoms with Crippen LogP contribution in [0.15, 0.2) is 67.2 Å². The van der Waals surface area contributed by atoms with Gasteiger partial charge in [-0.05, 0) is 47.5 Å². The highest BCUT2D eigenvalue weighted by Crippen LogP contribution is 2.65. The molecule has 180 valence electrons. The number of alkyl halides is 2. The van der Waals surface area contributed by atoms with E-state index in [1.807, 2.05) is 0 Å². The van der Waals surface area contributed by atoms with Gasteiger partial charge in [-0.15, -0.1) is 23.2 Å². The molecule has 1 N–H and O–H groups in total. The first-order valence-electron chi connectivity index (χ1n) is 10.4. The van der Waals surface area contributed by atoms with E-state index in [1.54, 1.807) is 12.1 Å². The first-order chi connectivity index (χ1) is 16.5. The highest BCUT2D eigenvalue weighted by molar-refractivity contribution is 6.53. The minimum absolute atomic E-state index is 0.0105. The monoisotopic (exact) mass is 553 g/mol. The van der Waals surface area contributed by atoms with Crippen molar-refractivity contribution < 1.29 is 18.4 Å². The second kappa shape index (κ2) is 9.90. The Labute approximate surface area is 220 Å². The normalized spacial score (nSPS) is 18.1. The van der Waals surface area contributed by atoms with Gasteiger partial charge in [0.05, 0.1) is 16.0 Å². The molecule has 4 rings (SSSR count). The summed E-state index contributed by atoms with van der Waals surface area (Å²) in [4.78, 5) is 25.8. The van der Waals surface area contributed by atoms with Crippen LogP contribution in [0.2, 0.25) is 10.0 Å². The van der Waals surface area contributed by atoms with Crippen LogP contribution in [-0.2, 0) is 11.2 Å². The molecule has 35 heavy (non-hydrogen) atoms. The molecule has 0 spiro atoms. The van der Waals surface area contributed by atoms with Crippen LogP contribution in [0.3, 0.4) is 0 Å². The Kier molecular flexibility index (Phi) is 7.26. The fourth-order valence-electron chi connectivity index (χ4n) is 3.93. The third-order valence-corrected chi connectivity index (χ3v) is 7.38. The van der Waals surface area contributed by atoms with Crippen molar-refractivity contribution in [2.24, 2.45) is 5.92 Å². The van der Waals surface area contributed by atoms with Gasteiger partial charge in [0, 0.05) is 29.2 Å². The van der Waals surface area contributed by atoms with Crippen molar-refractivity contribution in [3.8, 4) is 0 Å². The zero-order valence-electron chi connectivity index (χ0n) is 17.9. The molecule has 0 aromatic heterocycles. The lowest BCUT2D eigenvalue weighted by Crippen LogP contribution is -2.17. The molecule has 2 atom stereocenters. The van der Waals surface area contributed by atoms with Gasteiger partial charge in [0.25, 0.3) is 0 Å². The fourth-order valence-corrected chi connectivity index (χ4v) is 5.27. The number of hydrogen-bond donors (Lipinski definition) is 1. The average Bonchev–Trinajstić information content (AvgIpc) is 3.38. The van der Waals surface area contributed by atoms with E-state index in [9.17, 15) is 18.4 Å². The molecule has 1 aliphatic carbocycles. The Morgan fingerprint density at radius 3 is 2.26 bits per heavy atom. The molecule has 2 unspecified atom stereocenters. The Hall–Kier alpha value is -2.44. The molecule has 0 aliphatic heterocycles. The van der Waals surface area contributed by atoms with Crippen molar-refractivity contribution >= 4 is 69.6 Å². The third kappa shape index (κ3) is 5.39. The van der Waals surface area contributed by atoms with Crippen LogP contribution < -0.4 is 5.32 Å². The number of amides is 1. The molecule has 9 heteroatoms. The van der Waals surface area contributed by atoms with E-state index in [0.717, 1.165) is 0 Å². The summed E-state index contributed by atoms with van der Waals surface area (Å²) in [7, 11) is 0. The smallest absolute Gasteiger partial charge is 0.231 e. The van der Waals surface area contributed by atoms with Gasteiger partial charge in [-0.25, -0.2) is 8.78 Å². The van der Waals surface area contributed by atoms with Crippen LogP contribution in [0.5, 0.6) is 0 Å². The van der Waals surface area contributed by atoms with Crippen molar-refractivity contribution in [3.05, 3.63) is 105 Å². The first kappa shape index (κ1) is 25.6. The van der Waals surface area contributed by atoms with E-state index < -0.39 is 33.7 Å². The molecular weight excluding hydrogens is 538 g/mol. The molecule has 3 aromatic carbocycles. The van der Waals surface area contributed by atoms with E-state index >= 15 is 0 Å². The van der Waals surface area contributed by atoms with Crippen molar-refractivity contribution in [2.75, 3.05) is 5.32 Å². The van der Waals surface area contributed by atoms with E-state index in [2.05, 4.69) is 11.9 Å². The van der Waals surface area contributed by atoms with Crippen molar-refractivity contribution in [2.45, 2.75) is 16.7 Å². The van der Waals surface area contributed by atoms with Crippen molar-refractivity contribution in [1.29, 1.82) is 0 Å². The Bertz CT molecular complexity index is 1340. The summed E-state index contributed by atoms with van der Waals surface area (Å²) < 4.78 is 25.2. The number of hydrogen-bond acceptors (Lipinski definition) is 2. The second-order valence-corrected chi connectivity index (χ2v) is 10.4. The Morgan fingerprint density at radius 2 is 1.63 bits per heavy atom. The second-order valence-electron chi connectivity index (χ2n) is 8.18. The number of carbonyl (C=O) groups excluding carboxylic acids is 2. The summed E-state index contributed by atoms with van der Waals surface area (Å²) in [5.41, 5.74) is 1.89. The third-order valence-electron chi connectivity index (χ3n) is 5.79. The topological polar surface area (TPSA) is 46.2 Å². The summed E-state index contributed by atoms with van der Waals surface area (Å²) in [6, 6.07) is 14.6. The van der Waals surface area contributed by atoms with Gasteiger partial charge in [-0.3, -0.25) is 9.59 Å². The molecule has 1 amide bonds. The SMILES string of the molecule is C=C(F)c1ccc(C2C(C(=O)Nc3ccc(Cl)c(C(=O)Cc4ccc(F)cc4)c3)C2(Cl)Cl)cc1Cl. The maximum atomic E-state index is 13.5. The molecule has 3 aromatic rings. The number of nitrogens with one attached hydrogen (secondary N) is 1. The molecule has 1 fully saturated rings. The zero-order chi connectivity index (χ0) is 25.5. The maximum absolute atomic E-state index is 13.5. The molecule has 0 radical (unpaired) electrons. The summed E-state index contributed by atoms with van der Waals surface area (Å²) in [5, 5.41) is 3.07. The molecule has 3 nitrogen and oxygen atoms in total. The van der Waals surface area contributed by atoms with E-state index in [0.29, 0.717) is 16.8 Å². The van der Waals surface area contributed by atoms with Gasteiger partial charge in [-0.1, -0.05) is 54.0 Å². The average molecular weight is 555 g/mol. The van der Waals surface area contributed by atoms with Crippen LogP contribution in [0.25, 0.3) is 5.83 Å². The lowest BCUT2D eigenvalue weighted by atomic mass is 10.0. The number of benzene rings is 3. The summed E-state index contributed by atoms with van der Waals surface area (Å²) in [6.07, 6.45) is 0.0105. The number of anilines is 1. The van der Waals surface area contributed by atoms with Gasteiger partial charge in [0.2, 0.25) is 5.91 Å². The quantitative estimate of drug-likeness (QED) is 0.237. The van der Waals surface area contributed by atoms with Crippen LogP contribution >= 0.6 is 46.4 Å². The van der Waals surface area contributed by atoms with Gasteiger partial charge < -0.3 is 5.32 Å². The van der Waals surface area contributed by atoms with Gasteiger partial charge >= 0.3 is 0 Å². The predicted molar refractivity (Wildman–Crippen MR) is 137 cm³/mol. The van der Waals surface area contributed by atoms with E-state index in [4.69, 9.17) is 46.4 Å². The highest BCUT2D eigenvalue weighted by atomic mass is 35.5. The predicted octanol–water partition coefficient (Wildman–Crippen LogP) is 8.02. The molecular formula is C26H17Cl4F2NO2. The number of ketones is 1. The molecule has 0 saturated heterocycles. The van der Waals surface area contributed by atoms with E-state index in [-0.39, 0.29) is 33.4 Å². The van der Waals surface area contributed by atoms with Crippen molar-refractivity contribution in [3.63, 3.8) is 0 Å². The lowest BCUT2D eigenvalue weighted by Gasteiger charge is -2.09. The van der Waals surface area contributed by atoms with Crippen LogP contribution in [0.1, 0.15) is 33.0 Å². The first-order valence-corrected chi connectivity index (χ1v) is 11.9. The van der Waals surface area contributed by atoms with Gasteiger partial charge in [0.15, 0.2) is 5.78 Å². The summed E-state index contributed by atoms with van der Waals surface area (Å²) in [5.74, 6) is -3.22. The maximum Gasteiger partial charge on any atom is 0.231 e. The Morgan fingerprint density at radius 1 is 0.943 bits per heavy atom. The van der Waals surface area contributed by atoms with E-state index in [1.165, 1.54) is 48.5 Å². The molecule has 0 heterocycles. The largest absolute Gasteiger partial charge is 0.326 e. The number of rotatable bonds is 7. The van der Waals surface area contributed by atoms with Crippen LogP contribution in [0, 0.1) is 11.7 Å². The zero-order valence-corrected chi connectivity index (χ0v) is 21.0. The minimum atomic E-state index is -1.39. The number of Topliss-reactive ketones (excluding diaryl/α,β-unsaturated/α-hetero) is 1. The van der Waals surface area contributed by atoms with Crippen LogP contribution in [0.4, 0.5) is 14.5 Å². The highest BCUT2D eigenvalue weighted by Gasteiger charge is 2.67. The standard InChI is InChI=1S/C26H17Cl4F2NO2/c1-13(31)18-8-4-15(11-21(18)28)23-24(26(23,29)30)25(35)33-17-7-9-20(27)19(12-17)22(34)10-14-2-5-16(32)6-3-14/h2-9,11-12,23-24H,1,10H2,(H,33,35). The lowest BCUT2D eigenvalue weighted by molar-refractivity contribution is -0.117. The van der Waals surface area contributed by atoms with Crippen molar-refractivity contribution in [1.82, 2.24) is 0 Å². The Balaban J connectivity index is 1.50. The molecule has 0 bridgehead atoms.